The summed E-state index contributed by atoms with van der Waals surface area (Å²) in [4.78, 5) is 30.5. The number of carbonyl (C=O) groups excluding carboxylic acids is 1. The van der Waals surface area contributed by atoms with E-state index in [2.05, 4.69) is 9.97 Å². The van der Waals surface area contributed by atoms with E-state index >= 15 is 0 Å². The zero-order valence-electron chi connectivity index (χ0n) is 15.4. The number of amides is 1. The Kier molecular flexibility index (Phi) is 4.70. The summed E-state index contributed by atoms with van der Waals surface area (Å²) in [5, 5.41) is 0.763. The molecule has 3 aromatic heterocycles. The largest absolute Gasteiger partial charge is 0.366 e. The highest BCUT2D eigenvalue weighted by Crippen LogP contribution is 2.26. The Bertz CT molecular complexity index is 1100. The Labute approximate surface area is 155 Å². The van der Waals surface area contributed by atoms with Crippen LogP contribution >= 0.6 is 0 Å². The van der Waals surface area contributed by atoms with Crippen molar-refractivity contribution in [3.63, 3.8) is 0 Å². The maximum absolute atomic E-state index is 14.2. The topological polar surface area (TPSA) is 93.8 Å². The van der Waals surface area contributed by atoms with E-state index in [0.29, 0.717) is 23.3 Å². The number of nitrogens with zero attached hydrogens (tertiary/aromatic N) is 2. The number of aromatic amines is 1. The van der Waals surface area contributed by atoms with Crippen molar-refractivity contribution in [3.05, 3.63) is 58.5 Å². The molecule has 0 aliphatic rings. The number of fused-ring (bicyclic) bond motifs is 1. The van der Waals surface area contributed by atoms with Gasteiger partial charge in [-0.1, -0.05) is 20.8 Å². The third-order valence-corrected chi connectivity index (χ3v) is 4.01. The number of nitrogens with one attached hydrogen (secondary N) is 1. The van der Waals surface area contributed by atoms with Crippen molar-refractivity contribution in [2.75, 3.05) is 0 Å². The second-order valence-corrected chi connectivity index (χ2v) is 7.67. The summed E-state index contributed by atoms with van der Waals surface area (Å²) in [6, 6.07) is 3.05. The third-order valence-electron chi connectivity index (χ3n) is 4.01. The van der Waals surface area contributed by atoms with Gasteiger partial charge in [0.25, 0.3) is 5.56 Å². The van der Waals surface area contributed by atoms with E-state index in [0.717, 1.165) is 10.9 Å². The maximum atomic E-state index is 14.2. The summed E-state index contributed by atoms with van der Waals surface area (Å²) in [5.41, 5.74) is 6.91. The monoisotopic (exact) mass is 368 g/mol. The third kappa shape index (κ3) is 4.13. The van der Waals surface area contributed by atoms with Gasteiger partial charge in [-0.2, -0.15) is 0 Å². The number of nitrogens with two attached hydrogens (primary N) is 1. The van der Waals surface area contributed by atoms with Gasteiger partial charge in [-0.25, -0.2) is 9.37 Å². The molecule has 0 saturated heterocycles. The lowest BCUT2D eigenvalue weighted by atomic mass is 9.96. The molecule has 0 radical (unpaired) electrons. The van der Waals surface area contributed by atoms with Crippen LogP contribution in [0.1, 0.15) is 26.3 Å². The molecule has 3 N–H and O–H groups in total. The van der Waals surface area contributed by atoms with Gasteiger partial charge in [0, 0.05) is 53.3 Å². The first-order valence-electron chi connectivity index (χ1n) is 8.49. The summed E-state index contributed by atoms with van der Waals surface area (Å²) in [7, 11) is 0. The molecule has 3 aromatic rings. The van der Waals surface area contributed by atoms with Crippen molar-refractivity contribution >= 4 is 23.0 Å². The number of pyridine rings is 2. The van der Waals surface area contributed by atoms with Crippen LogP contribution in [0.4, 0.5) is 4.39 Å². The smallest absolute Gasteiger partial charge is 0.286 e. The highest BCUT2D eigenvalue weighted by Gasteiger charge is 2.16. The highest BCUT2D eigenvalue weighted by molar-refractivity contribution is 5.95. The van der Waals surface area contributed by atoms with E-state index in [1.54, 1.807) is 24.7 Å². The van der Waals surface area contributed by atoms with Crippen LogP contribution in [-0.2, 0) is 11.3 Å². The molecule has 7 heteroatoms. The minimum Gasteiger partial charge on any atom is -0.366 e. The first-order chi connectivity index (χ1) is 12.6. The molecular weight excluding hydrogens is 347 g/mol. The number of H-pyrrole nitrogens is 1. The van der Waals surface area contributed by atoms with Crippen molar-refractivity contribution in [1.29, 1.82) is 0 Å². The molecule has 0 atom stereocenters. The summed E-state index contributed by atoms with van der Waals surface area (Å²) in [6.07, 6.45) is 7.82. The lowest BCUT2D eigenvalue weighted by Gasteiger charge is -2.20. The lowest BCUT2D eigenvalue weighted by Crippen LogP contribution is -2.28. The molecule has 140 valence electrons. The fourth-order valence-electron chi connectivity index (χ4n) is 2.88. The van der Waals surface area contributed by atoms with Crippen LogP contribution in [0.15, 0.2) is 41.6 Å². The summed E-state index contributed by atoms with van der Waals surface area (Å²) < 4.78 is 15.6. The van der Waals surface area contributed by atoms with Gasteiger partial charge in [0.1, 0.15) is 5.65 Å². The first-order valence-corrected chi connectivity index (χ1v) is 8.49. The minimum absolute atomic E-state index is 0.176. The number of hydrogen-bond acceptors (Lipinski definition) is 3. The van der Waals surface area contributed by atoms with Crippen molar-refractivity contribution in [2.45, 2.75) is 27.3 Å². The molecule has 3 rings (SSSR count). The molecule has 6 nitrogen and oxygen atoms in total. The second kappa shape index (κ2) is 6.83. The van der Waals surface area contributed by atoms with Gasteiger partial charge in [0.2, 0.25) is 5.91 Å². The van der Waals surface area contributed by atoms with Gasteiger partial charge in [0.15, 0.2) is 5.82 Å². The number of halogens is 1. The number of primary amides is 1. The Morgan fingerprint density at radius 2 is 2.07 bits per heavy atom. The molecule has 0 bridgehead atoms. The summed E-state index contributed by atoms with van der Waals surface area (Å²) in [6.45, 7) is 6.33. The Hall–Kier alpha value is -3.22. The molecule has 0 unspecified atom stereocenters. The SMILES string of the molecule is CC(C)(C)Cn1cc(-c2cnc3[nH]cc(/C=C/C(N)=O)c3c2)cc(F)c1=O. The summed E-state index contributed by atoms with van der Waals surface area (Å²) in [5.74, 6) is -1.36. The molecule has 0 spiro atoms. The van der Waals surface area contributed by atoms with Crippen molar-refractivity contribution in [3.8, 4) is 11.1 Å². The van der Waals surface area contributed by atoms with Crippen LogP contribution in [0.5, 0.6) is 0 Å². The number of aromatic nitrogens is 3. The van der Waals surface area contributed by atoms with Crippen LogP contribution < -0.4 is 11.3 Å². The first kappa shape index (κ1) is 18.6. The van der Waals surface area contributed by atoms with Gasteiger partial charge >= 0.3 is 0 Å². The normalized spacial score (nSPS) is 12.1. The van der Waals surface area contributed by atoms with Gasteiger partial charge in [-0.15, -0.1) is 0 Å². The van der Waals surface area contributed by atoms with Gasteiger partial charge in [-0.3, -0.25) is 9.59 Å². The van der Waals surface area contributed by atoms with Crippen molar-refractivity contribution in [2.24, 2.45) is 11.1 Å². The molecular formula is C20H21FN4O2. The van der Waals surface area contributed by atoms with Crippen molar-refractivity contribution in [1.82, 2.24) is 14.5 Å². The number of rotatable bonds is 4. The lowest BCUT2D eigenvalue weighted by molar-refractivity contribution is -0.113. The Morgan fingerprint density at radius 1 is 1.33 bits per heavy atom. The molecule has 27 heavy (non-hydrogen) atoms. The number of hydrogen-bond donors (Lipinski definition) is 2. The fraction of sp³-hybridized carbons (Fsp3) is 0.250. The standard InChI is InChI=1S/C20H21FN4O2/c1-20(2,3)11-25-10-14(7-16(21)19(25)27)13-6-15-12(4-5-17(22)26)8-23-18(15)24-9-13/h4-10H,11H2,1-3H3,(H2,22,26)(H,23,24)/b5-4+. The van der Waals surface area contributed by atoms with Gasteiger partial charge in [0.05, 0.1) is 0 Å². The predicted molar refractivity (Wildman–Crippen MR) is 103 cm³/mol. The average molecular weight is 368 g/mol. The van der Waals surface area contributed by atoms with E-state index < -0.39 is 17.3 Å². The minimum atomic E-state index is -0.806. The molecule has 0 saturated carbocycles. The van der Waals surface area contributed by atoms with Crippen LogP contribution in [0.2, 0.25) is 0 Å². The molecule has 0 aromatic carbocycles. The number of carbonyl (C=O) groups is 1. The Morgan fingerprint density at radius 3 is 2.74 bits per heavy atom. The zero-order chi connectivity index (χ0) is 19.8. The van der Waals surface area contributed by atoms with Crippen LogP contribution in [-0.4, -0.2) is 20.4 Å². The average Bonchev–Trinajstić information content (AvgIpc) is 2.98. The Balaban J connectivity index is 2.11. The molecule has 3 heterocycles. The van der Waals surface area contributed by atoms with E-state index in [-0.39, 0.29) is 5.41 Å². The highest BCUT2D eigenvalue weighted by atomic mass is 19.1. The predicted octanol–water partition coefficient (Wildman–Crippen LogP) is 3.08. The van der Waals surface area contributed by atoms with Crippen LogP contribution in [0, 0.1) is 11.2 Å². The maximum Gasteiger partial charge on any atom is 0.286 e. The van der Waals surface area contributed by atoms with Gasteiger partial charge < -0.3 is 15.3 Å². The van der Waals surface area contributed by atoms with E-state index in [1.165, 1.54) is 16.7 Å². The molecule has 0 aliphatic carbocycles. The van der Waals surface area contributed by atoms with Crippen LogP contribution in [0.25, 0.3) is 28.2 Å². The van der Waals surface area contributed by atoms with Gasteiger partial charge in [-0.05, 0) is 23.6 Å². The summed E-state index contributed by atoms with van der Waals surface area (Å²) >= 11 is 0. The quantitative estimate of drug-likeness (QED) is 0.693. The zero-order valence-corrected chi connectivity index (χ0v) is 15.4. The molecule has 1 amide bonds. The van der Waals surface area contributed by atoms with E-state index in [1.807, 2.05) is 26.8 Å². The second-order valence-electron chi connectivity index (χ2n) is 7.67. The fourth-order valence-corrected chi connectivity index (χ4v) is 2.88. The molecule has 0 aliphatic heterocycles. The van der Waals surface area contributed by atoms with E-state index in [9.17, 15) is 14.0 Å². The molecule has 0 fully saturated rings. The van der Waals surface area contributed by atoms with Crippen molar-refractivity contribution < 1.29 is 9.18 Å². The van der Waals surface area contributed by atoms with E-state index in [4.69, 9.17) is 5.73 Å². The van der Waals surface area contributed by atoms with Crippen LogP contribution in [0.3, 0.4) is 0 Å².